The molecule has 1 atom stereocenters. The molecule has 19 heavy (non-hydrogen) atoms. The highest BCUT2D eigenvalue weighted by molar-refractivity contribution is 9.10. The third-order valence-electron chi connectivity index (χ3n) is 3.15. The van der Waals surface area contributed by atoms with E-state index < -0.39 is 6.10 Å². The molecule has 0 amide bonds. The molecule has 0 spiro atoms. The summed E-state index contributed by atoms with van der Waals surface area (Å²) in [4.78, 5) is 16.2. The largest absolute Gasteiger partial charge is 0.386 e. The summed E-state index contributed by atoms with van der Waals surface area (Å²) in [6, 6.07) is 7.42. The first-order chi connectivity index (χ1) is 9.00. The molecule has 5 heteroatoms. The van der Waals surface area contributed by atoms with E-state index in [2.05, 4.69) is 20.9 Å². The van der Waals surface area contributed by atoms with Crippen LogP contribution in [-0.2, 0) is 6.54 Å². The maximum Gasteiger partial charge on any atom is 0.256 e. The van der Waals surface area contributed by atoms with E-state index >= 15 is 0 Å². The number of nitrogens with zero attached hydrogens (tertiary/aromatic N) is 2. The number of rotatable bonds is 3. The first-order valence-electron chi connectivity index (χ1n) is 5.96. The SMILES string of the molecule is Cc1ncn(CC(O)c2ccccc2Br)c(=O)c1C. The summed E-state index contributed by atoms with van der Waals surface area (Å²) in [6.07, 6.45) is 0.724. The van der Waals surface area contributed by atoms with Gasteiger partial charge in [0.15, 0.2) is 0 Å². The second-order valence-corrected chi connectivity index (χ2v) is 5.30. The molecule has 1 heterocycles. The van der Waals surface area contributed by atoms with Crippen molar-refractivity contribution in [1.82, 2.24) is 9.55 Å². The standard InChI is InChI=1S/C14H15BrN2O2/c1-9-10(2)16-8-17(14(9)19)7-13(18)11-5-3-4-6-12(11)15/h3-6,8,13,18H,7H2,1-2H3. The van der Waals surface area contributed by atoms with Crippen molar-refractivity contribution in [2.75, 3.05) is 0 Å². The average Bonchev–Trinajstić information content (AvgIpc) is 2.40. The van der Waals surface area contributed by atoms with Crippen molar-refractivity contribution in [1.29, 1.82) is 0 Å². The maximum atomic E-state index is 12.0. The molecule has 1 aromatic heterocycles. The van der Waals surface area contributed by atoms with Crippen LogP contribution in [0.5, 0.6) is 0 Å². The Labute approximate surface area is 119 Å². The molecule has 100 valence electrons. The average molecular weight is 323 g/mol. The predicted molar refractivity (Wildman–Crippen MR) is 77.1 cm³/mol. The third kappa shape index (κ3) is 2.93. The van der Waals surface area contributed by atoms with Crippen LogP contribution in [0, 0.1) is 13.8 Å². The number of aliphatic hydroxyl groups excluding tert-OH is 1. The topological polar surface area (TPSA) is 55.1 Å². The molecule has 0 bridgehead atoms. The fourth-order valence-electron chi connectivity index (χ4n) is 1.84. The van der Waals surface area contributed by atoms with Gasteiger partial charge >= 0.3 is 0 Å². The predicted octanol–water partition coefficient (Wildman–Crippen LogP) is 2.36. The van der Waals surface area contributed by atoms with Crippen LogP contribution in [0.25, 0.3) is 0 Å². The number of aromatic nitrogens is 2. The molecule has 1 unspecified atom stereocenters. The van der Waals surface area contributed by atoms with Gasteiger partial charge < -0.3 is 5.11 Å². The molecule has 2 rings (SSSR count). The quantitative estimate of drug-likeness (QED) is 0.943. The Morgan fingerprint density at radius 2 is 2.05 bits per heavy atom. The highest BCUT2D eigenvalue weighted by atomic mass is 79.9. The van der Waals surface area contributed by atoms with E-state index in [1.807, 2.05) is 24.3 Å². The van der Waals surface area contributed by atoms with E-state index in [0.29, 0.717) is 5.56 Å². The minimum absolute atomic E-state index is 0.112. The lowest BCUT2D eigenvalue weighted by Crippen LogP contribution is -2.26. The monoisotopic (exact) mass is 322 g/mol. The fraction of sp³-hybridized carbons (Fsp3) is 0.286. The van der Waals surface area contributed by atoms with Crippen LogP contribution in [-0.4, -0.2) is 14.7 Å². The lowest BCUT2D eigenvalue weighted by atomic mass is 10.1. The molecular weight excluding hydrogens is 308 g/mol. The molecule has 2 aromatic rings. The molecule has 1 aromatic carbocycles. The third-order valence-corrected chi connectivity index (χ3v) is 3.87. The highest BCUT2D eigenvalue weighted by Gasteiger charge is 2.13. The fourth-order valence-corrected chi connectivity index (χ4v) is 2.38. The van der Waals surface area contributed by atoms with Crippen molar-refractivity contribution in [3.8, 4) is 0 Å². The molecule has 0 saturated carbocycles. The summed E-state index contributed by atoms with van der Waals surface area (Å²) >= 11 is 3.39. The van der Waals surface area contributed by atoms with Gasteiger partial charge in [0.2, 0.25) is 0 Å². The Hall–Kier alpha value is -1.46. The minimum atomic E-state index is -0.753. The number of hydrogen-bond acceptors (Lipinski definition) is 3. The van der Waals surface area contributed by atoms with Crippen molar-refractivity contribution >= 4 is 15.9 Å². The van der Waals surface area contributed by atoms with Crippen molar-refractivity contribution in [3.05, 3.63) is 62.2 Å². The summed E-state index contributed by atoms with van der Waals surface area (Å²) in [5.41, 5.74) is 1.98. The first-order valence-corrected chi connectivity index (χ1v) is 6.75. The summed E-state index contributed by atoms with van der Waals surface area (Å²) in [7, 11) is 0. The molecule has 0 aliphatic rings. The van der Waals surface area contributed by atoms with Crippen molar-refractivity contribution in [3.63, 3.8) is 0 Å². The van der Waals surface area contributed by atoms with Gasteiger partial charge in [-0.15, -0.1) is 0 Å². The van der Waals surface area contributed by atoms with Crippen LogP contribution in [0.2, 0.25) is 0 Å². The lowest BCUT2D eigenvalue weighted by Gasteiger charge is -2.15. The molecule has 0 radical (unpaired) electrons. The lowest BCUT2D eigenvalue weighted by molar-refractivity contribution is 0.153. The molecule has 0 aliphatic carbocycles. The smallest absolute Gasteiger partial charge is 0.256 e. The second kappa shape index (κ2) is 5.67. The minimum Gasteiger partial charge on any atom is -0.386 e. The summed E-state index contributed by atoms with van der Waals surface area (Å²) in [6.45, 7) is 3.73. The molecule has 0 aliphatic heterocycles. The van der Waals surface area contributed by atoms with Gasteiger partial charge in [0.1, 0.15) is 0 Å². The van der Waals surface area contributed by atoms with E-state index in [1.165, 1.54) is 10.9 Å². The number of aliphatic hydroxyl groups is 1. The van der Waals surface area contributed by atoms with E-state index in [4.69, 9.17) is 0 Å². The Morgan fingerprint density at radius 1 is 1.37 bits per heavy atom. The maximum absolute atomic E-state index is 12.0. The van der Waals surface area contributed by atoms with Crippen molar-refractivity contribution < 1.29 is 5.11 Å². The van der Waals surface area contributed by atoms with E-state index in [1.54, 1.807) is 13.8 Å². The van der Waals surface area contributed by atoms with Crippen LogP contribution >= 0.6 is 15.9 Å². The van der Waals surface area contributed by atoms with Gasteiger partial charge in [-0.25, -0.2) is 4.98 Å². The Kier molecular flexibility index (Phi) is 4.17. The van der Waals surface area contributed by atoms with Gasteiger partial charge in [0.25, 0.3) is 5.56 Å². The van der Waals surface area contributed by atoms with Crippen LogP contribution in [0.3, 0.4) is 0 Å². The molecule has 4 nitrogen and oxygen atoms in total. The first kappa shape index (κ1) is 14.0. The van der Waals surface area contributed by atoms with Crippen LogP contribution < -0.4 is 5.56 Å². The van der Waals surface area contributed by atoms with E-state index in [9.17, 15) is 9.90 Å². The molecule has 0 saturated heterocycles. The summed E-state index contributed by atoms with van der Waals surface area (Å²) in [5.74, 6) is 0. The zero-order chi connectivity index (χ0) is 14.0. The van der Waals surface area contributed by atoms with Crippen molar-refractivity contribution in [2.45, 2.75) is 26.5 Å². The van der Waals surface area contributed by atoms with Gasteiger partial charge in [-0.3, -0.25) is 9.36 Å². The summed E-state index contributed by atoms with van der Waals surface area (Å²) < 4.78 is 2.26. The highest BCUT2D eigenvalue weighted by Crippen LogP contribution is 2.23. The molecular formula is C14H15BrN2O2. The Bertz CT molecular complexity index is 652. The molecule has 1 N–H and O–H groups in total. The van der Waals surface area contributed by atoms with Gasteiger partial charge in [0, 0.05) is 15.7 Å². The Balaban J connectivity index is 2.30. The molecule has 0 fully saturated rings. The normalized spacial score (nSPS) is 12.4. The van der Waals surface area contributed by atoms with Crippen LogP contribution in [0.1, 0.15) is 22.9 Å². The summed E-state index contributed by atoms with van der Waals surface area (Å²) in [5, 5.41) is 10.2. The van der Waals surface area contributed by atoms with Gasteiger partial charge in [0.05, 0.1) is 19.0 Å². The number of aryl methyl sites for hydroxylation is 1. The van der Waals surface area contributed by atoms with Crippen molar-refractivity contribution in [2.24, 2.45) is 0 Å². The van der Waals surface area contributed by atoms with Crippen LogP contribution in [0.4, 0.5) is 0 Å². The Morgan fingerprint density at radius 3 is 2.74 bits per heavy atom. The zero-order valence-electron chi connectivity index (χ0n) is 10.8. The van der Waals surface area contributed by atoms with Crippen LogP contribution in [0.15, 0.2) is 39.9 Å². The number of benzene rings is 1. The van der Waals surface area contributed by atoms with E-state index in [0.717, 1.165) is 15.7 Å². The number of halogens is 1. The van der Waals surface area contributed by atoms with Gasteiger partial charge in [-0.1, -0.05) is 34.1 Å². The van der Waals surface area contributed by atoms with E-state index in [-0.39, 0.29) is 12.1 Å². The number of hydrogen-bond donors (Lipinski definition) is 1. The zero-order valence-corrected chi connectivity index (χ0v) is 12.4. The van der Waals surface area contributed by atoms with Gasteiger partial charge in [-0.2, -0.15) is 0 Å². The van der Waals surface area contributed by atoms with Gasteiger partial charge in [-0.05, 0) is 25.5 Å². The second-order valence-electron chi connectivity index (χ2n) is 4.45.